The number of aromatic nitrogens is 1. The summed E-state index contributed by atoms with van der Waals surface area (Å²) in [7, 11) is 0. The molecule has 1 aliphatic carbocycles. The largest absolute Gasteiger partial charge is 0.374 e. The van der Waals surface area contributed by atoms with Crippen LogP contribution in [-0.2, 0) is 14.3 Å². The predicted molar refractivity (Wildman–Crippen MR) is 81.7 cm³/mol. The summed E-state index contributed by atoms with van der Waals surface area (Å²) in [6.45, 7) is 0.829. The molecule has 1 amide bonds. The molecule has 4 aliphatic rings. The first-order valence-electron chi connectivity index (χ1n) is 8.33. The summed E-state index contributed by atoms with van der Waals surface area (Å²) in [4.78, 5) is 18.0. The molecule has 118 valence electrons. The summed E-state index contributed by atoms with van der Waals surface area (Å²) in [6, 6.07) is 0. The maximum absolute atomic E-state index is 12.5. The lowest BCUT2D eigenvalue weighted by Gasteiger charge is -2.20. The van der Waals surface area contributed by atoms with Gasteiger partial charge < -0.3 is 14.8 Å². The van der Waals surface area contributed by atoms with Crippen LogP contribution >= 0.6 is 11.3 Å². The van der Waals surface area contributed by atoms with Crippen LogP contribution in [-0.4, -0.2) is 29.7 Å². The van der Waals surface area contributed by atoms with Crippen LogP contribution in [0.1, 0.15) is 43.1 Å². The van der Waals surface area contributed by atoms with E-state index in [1.54, 1.807) is 11.3 Å². The maximum atomic E-state index is 12.5. The standard InChI is InChI=1S/C16H20N2O3S/c19-15(10-6-12-8-5-9(8)14(10)21-12)18-16-17-7-13(22-16)11-3-1-2-4-20-11/h7-12,14H,1-6H2,(H,17,18,19)/t8-,9+,10-,11?,12+,14+/m1/s1. The van der Waals surface area contributed by atoms with Crippen molar-refractivity contribution in [1.29, 1.82) is 0 Å². The van der Waals surface area contributed by atoms with Crippen LogP contribution in [0.15, 0.2) is 6.20 Å². The third kappa shape index (κ3) is 2.12. The summed E-state index contributed by atoms with van der Waals surface area (Å²) in [5, 5.41) is 3.70. The zero-order chi connectivity index (χ0) is 14.7. The molecule has 4 fully saturated rings. The second kappa shape index (κ2) is 5.01. The minimum absolute atomic E-state index is 0.0204. The van der Waals surface area contributed by atoms with Gasteiger partial charge in [0.25, 0.3) is 0 Å². The Labute approximate surface area is 133 Å². The van der Waals surface area contributed by atoms with E-state index >= 15 is 0 Å². The van der Waals surface area contributed by atoms with Gasteiger partial charge in [-0.2, -0.15) is 0 Å². The fourth-order valence-corrected chi connectivity index (χ4v) is 5.27. The van der Waals surface area contributed by atoms with Crippen LogP contribution in [0.5, 0.6) is 0 Å². The van der Waals surface area contributed by atoms with Gasteiger partial charge in [-0.25, -0.2) is 4.98 Å². The van der Waals surface area contributed by atoms with E-state index in [-0.39, 0.29) is 24.0 Å². The molecule has 2 bridgehead atoms. The van der Waals surface area contributed by atoms with Crippen LogP contribution in [0, 0.1) is 17.8 Å². The number of amides is 1. The molecule has 1 saturated carbocycles. The molecule has 3 saturated heterocycles. The Kier molecular flexibility index (Phi) is 3.06. The summed E-state index contributed by atoms with van der Waals surface area (Å²) in [5.74, 6) is 1.51. The van der Waals surface area contributed by atoms with Crippen molar-refractivity contribution in [2.24, 2.45) is 17.8 Å². The number of carbonyl (C=O) groups is 1. The van der Waals surface area contributed by atoms with E-state index in [9.17, 15) is 4.79 Å². The molecule has 6 heteroatoms. The van der Waals surface area contributed by atoms with E-state index in [1.807, 2.05) is 6.20 Å². The number of nitrogens with one attached hydrogen (secondary N) is 1. The van der Waals surface area contributed by atoms with Gasteiger partial charge in [-0.15, -0.1) is 0 Å². The highest BCUT2D eigenvalue weighted by Gasteiger charge is 2.64. The minimum Gasteiger partial charge on any atom is -0.374 e. The predicted octanol–water partition coefficient (Wildman–Crippen LogP) is 2.75. The normalized spacial score (nSPS) is 42.2. The van der Waals surface area contributed by atoms with Crippen LogP contribution in [0.4, 0.5) is 5.13 Å². The van der Waals surface area contributed by atoms with Crippen LogP contribution in [0.2, 0.25) is 0 Å². The number of rotatable bonds is 3. The molecule has 1 aromatic rings. The first kappa shape index (κ1) is 13.5. The number of hydrogen-bond donors (Lipinski definition) is 1. The lowest BCUT2D eigenvalue weighted by atomic mass is 9.88. The smallest absolute Gasteiger partial charge is 0.231 e. The molecule has 22 heavy (non-hydrogen) atoms. The number of nitrogens with zero attached hydrogens (tertiary/aromatic N) is 1. The molecule has 0 aromatic carbocycles. The molecule has 1 N–H and O–H groups in total. The van der Waals surface area contributed by atoms with Gasteiger partial charge in [0.2, 0.25) is 5.91 Å². The summed E-state index contributed by atoms with van der Waals surface area (Å²) in [6.07, 6.45) is 8.07. The molecular formula is C16H20N2O3S. The monoisotopic (exact) mass is 320 g/mol. The molecular weight excluding hydrogens is 300 g/mol. The SMILES string of the molecule is O=C(Nc1ncc(C2CCCCO2)s1)[C@@H]1C[C@@H]2O[C@H]1[C@H]1C[C@H]12. The molecule has 5 nitrogen and oxygen atoms in total. The van der Waals surface area contributed by atoms with Gasteiger partial charge in [0.1, 0.15) is 0 Å². The number of fused-ring (bicyclic) bond motifs is 5. The lowest BCUT2D eigenvalue weighted by Crippen LogP contribution is -2.31. The van der Waals surface area contributed by atoms with E-state index in [1.165, 1.54) is 12.8 Å². The molecule has 0 radical (unpaired) electrons. The molecule has 5 rings (SSSR count). The topological polar surface area (TPSA) is 60.5 Å². The zero-order valence-corrected chi connectivity index (χ0v) is 13.2. The first-order valence-corrected chi connectivity index (χ1v) is 9.15. The second-order valence-corrected chi connectivity index (χ2v) is 8.02. The lowest BCUT2D eigenvalue weighted by molar-refractivity contribution is -0.121. The third-order valence-corrected chi connectivity index (χ3v) is 6.60. The first-order chi connectivity index (χ1) is 10.8. The fourth-order valence-electron chi connectivity index (χ4n) is 4.37. The second-order valence-electron chi connectivity index (χ2n) is 6.96. The average molecular weight is 320 g/mol. The van der Waals surface area contributed by atoms with Crippen molar-refractivity contribution in [3.63, 3.8) is 0 Å². The molecule has 3 aliphatic heterocycles. The van der Waals surface area contributed by atoms with Crippen molar-refractivity contribution in [2.45, 2.75) is 50.4 Å². The van der Waals surface area contributed by atoms with Crippen molar-refractivity contribution >= 4 is 22.4 Å². The Morgan fingerprint density at radius 1 is 1.32 bits per heavy atom. The van der Waals surface area contributed by atoms with E-state index in [4.69, 9.17) is 9.47 Å². The molecule has 0 spiro atoms. The van der Waals surface area contributed by atoms with Crippen LogP contribution in [0.3, 0.4) is 0 Å². The summed E-state index contributed by atoms with van der Waals surface area (Å²) < 4.78 is 11.7. The van der Waals surface area contributed by atoms with Gasteiger partial charge in [-0.3, -0.25) is 4.79 Å². The summed E-state index contributed by atoms with van der Waals surface area (Å²) in [5.41, 5.74) is 0. The van der Waals surface area contributed by atoms with Crippen molar-refractivity contribution < 1.29 is 14.3 Å². The van der Waals surface area contributed by atoms with Crippen LogP contribution < -0.4 is 5.32 Å². The zero-order valence-electron chi connectivity index (χ0n) is 12.4. The maximum Gasteiger partial charge on any atom is 0.231 e. The van der Waals surface area contributed by atoms with E-state index < -0.39 is 0 Å². The fraction of sp³-hybridized carbons (Fsp3) is 0.750. The van der Waals surface area contributed by atoms with Crippen molar-refractivity contribution in [3.05, 3.63) is 11.1 Å². The van der Waals surface area contributed by atoms with Crippen molar-refractivity contribution in [3.8, 4) is 0 Å². The molecule has 1 aromatic heterocycles. The van der Waals surface area contributed by atoms with Gasteiger partial charge in [-0.05, 0) is 43.9 Å². The van der Waals surface area contributed by atoms with Crippen molar-refractivity contribution in [1.82, 2.24) is 4.98 Å². The Morgan fingerprint density at radius 2 is 2.27 bits per heavy atom. The number of hydrogen-bond acceptors (Lipinski definition) is 5. The Morgan fingerprint density at radius 3 is 3.05 bits per heavy atom. The molecule has 6 atom stereocenters. The number of ether oxygens (including phenoxy) is 2. The Balaban J connectivity index is 1.24. The van der Waals surface area contributed by atoms with Gasteiger partial charge in [-0.1, -0.05) is 11.3 Å². The van der Waals surface area contributed by atoms with Gasteiger partial charge in [0, 0.05) is 12.8 Å². The molecule has 1 unspecified atom stereocenters. The Bertz CT molecular complexity index is 598. The van der Waals surface area contributed by atoms with E-state index in [0.717, 1.165) is 36.7 Å². The van der Waals surface area contributed by atoms with Gasteiger partial charge in [0.05, 0.1) is 29.1 Å². The van der Waals surface area contributed by atoms with Crippen LogP contribution in [0.25, 0.3) is 0 Å². The highest BCUT2D eigenvalue weighted by atomic mass is 32.1. The minimum atomic E-state index is 0.0204. The summed E-state index contributed by atoms with van der Waals surface area (Å²) >= 11 is 1.55. The van der Waals surface area contributed by atoms with Gasteiger partial charge >= 0.3 is 0 Å². The Hall–Kier alpha value is -0.980. The van der Waals surface area contributed by atoms with Gasteiger partial charge in [0.15, 0.2) is 5.13 Å². The average Bonchev–Trinajstić information content (AvgIpc) is 2.93. The van der Waals surface area contributed by atoms with E-state index in [0.29, 0.717) is 17.2 Å². The quantitative estimate of drug-likeness (QED) is 0.930. The number of carbonyl (C=O) groups excluding carboxylic acids is 1. The highest BCUT2D eigenvalue weighted by molar-refractivity contribution is 7.15. The third-order valence-electron chi connectivity index (χ3n) is 5.59. The number of thiazole rings is 1. The van der Waals surface area contributed by atoms with Crippen molar-refractivity contribution in [2.75, 3.05) is 11.9 Å². The van der Waals surface area contributed by atoms with E-state index in [2.05, 4.69) is 10.3 Å². The highest BCUT2D eigenvalue weighted by Crippen LogP contribution is 2.60. The number of anilines is 1. The molecule has 4 heterocycles.